The smallest absolute Gasteiger partial charge is 0.306 e. The first kappa shape index (κ1) is 15.8. The van der Waals surface area contributed by atoms with Gasteiger partial charge in [-0.15, -0.1) is 0 Å². The van der Waals surface area contributed by atoms with E-state index in [1.165, 1.54) is 5.56 Å². The highest BCUT2D eigenvalue weighted by molar-refractivity contribution is 5.70. The van der Waals surface area contributed by atoms with Gasteiger partial charge in [0.25, 0.3) is 0 Å². The molecule has 21 heavy (non-hydrogen) atoms. The molecular formula is C17H25NO3. The van der Waals surface area contributed by atoms with E-state index in [9.17, 15) is 9.90 Å². The number of aliphatic carboxylic acids is 1. The fourth-order valence-electron chi connectivity index (χ4n) is 3.04. The quantitative estimate of drug-likeness (QED) is 0.753. The first-order chi connectivity index (χ1) is 10.0. The van der Waals surface area contributed by atoms with Crippen LogP contribution in [-0.4, -0.2) is 28.3 Å². The molecule has 1 aliphatic carbocycles. The van der Waals surface area contributed by atoms with Crippen molar-refractivity contribution in [3.8, 4) is 5.75 Å². The van der Waals surface area contributed by atoms with E-state index in [1.54, 1.807) is 12.1 Å². The first-order valence-electron chi connectivity index (χ1n) is 7.81. The van der Waals surface area contributed by atoms with Gasteiger partial charge in [0.2, 0.25) is 0 Å². The number of aryl methyl sites for hydroxylation is 1. The number of phenols is 1. The summed E-state index contributed by atoms with van der Waals surface area (Å²) in [6.07, 6.45) is 5.53. The Morgan fingerprint density at radius 3 is 2.43 bits per heavy atom. The van der Waals surface area contributed by atoms with Crippen LogP contribution in [0.4, 0.5) is 0 Å². The number of carboxylic acid groups (broad SMARTS) is 1. The van der Waals surface area contributed by atoms with E-state index in [0.29, 0.717) is 17.8 Å². The molecule has 0 aliphatic heterocycles. The number of hydrogen-bond acceptors (Lipinski definition) is 3. The maximum Gasteiger partial charge on any atom is 0.306 e. The van der Waals surface area contributed by atoms with Crippen molar-refractivity contribution in [2.45, 2.75) is 57.5 Å². The average molecular weight is 291 g/mol. The minimum absolute atomic E-state index is 0.143. The predicted octanol–water partition coefficient (Wildman–Crippen LogP) is 2.95. The Hall–Kier alpha value is -1.55. The molecule has 1 fully saturated rings. The third-order valence-electron chi connectivity index (χ3n) is 4.40. The summed E-state index contributed by atoms with van der Waals surface area (Å²) in [5, 5.41) is 21.9. The molecule has 4 heteroatoms. The molecule has 0 amide bonds. The van der Waals surface area contributed by atoms with Crippen LogP contribution >= 0.6 is 0 Å². The number of aromatic hydroxyl groups is 1. The van der Waals surface area contributed by atoms with Gasteiger partial charge in [-0.2, -0.15) is 0 Å². The lowest BCUT2D eigenvalue weighted by Crippen LogP contribution is -2.40. The second-order valence-corrected chi connectivity index (χ2v) is 6.16. The van der Waals surface area contributed by atoms with Crippen LogP contribution < -0.4 is 5.32 Å². The Labute approximate surface area is 126 Å². The molecule has 0 spiro atoms. The van der Waals surface area contributed by atoms with Crippen molar-refractivity contribution in [2.75, 3.05) is 0 Å². The van der Waals surface area contributed by atoms with E-state index < -0.39 is 5.97 Å². The Kier molecular flexibility index (Phi) is 5.62. The monoisotopic (exact) mass is 291 g/mol. The summed E-state index contributed by atoms with van der Waals surface area (Å²) in [6.45, 7) is 2.18. The van der Waals surface area contributed by atoms with E-state index >= 15 is 0 Å². The lowest BCUT2D eigenvalue weighted by atomic mass is 9.85. The summed E-state index contributed by atoms with van der Waals surface area (Å²) < 4.78 is 0. The van der Waals surface area contributed by atoms with Gasteiger partial charge in [0.05, 0.1) is 5.92 Å². The van der Waals surface area contributed by atoms with E-state index in [0.717, 1.165) is 38.5 Å². The molecule has 1 saturated carbocycles. The maximum absolute atomic E-state index is 10.9. The summed E-state index contributed by atoms with van der Waals surface area (Å²) in [5.41, 5.74) is 1.23. The molecule has 0 radical (unpaired) electrons. The summed E-state index contributed by atoms with van der Waals surface area (Å²) in [6, 6.07) is 8.24. The number of phenolic OH excluding ortho intramolecular Hbond substituents is 1. The summed E-state index contributed by atoms with van der Waals surface area (Å²) in [4.78, 5) is 10.9. The third-order valence-corrected chi connectivity index (χ3v) is 4.40. The molecule has 0 bridgehead atoms. The molecule has 0 aromatic heterocycles. The Morgan fingerprint density at radius 1 is 1.24 bits per heavy atom. The molecular weight excluding hydrogens is 266 g/mol. The lowest BCUT2D eigenvalue weighted by Gasteiger charge is -2.29. The number of benzene rings is 1. The van der Waals surface area contributed by atoms with Gasteiger partial charge in [-0.25, -0.2) is 0 Å². The molecule has 4 nitrogen and oxygen atoms in total. The predicted molar refractivity (Wildman–Crippen MR) is 82.4 cm³/mol. The molecule has 3 N–H and O–H groups in total. The van der Waals surface area contributed by atoms with Crippen LogP contribution in [0.1, 0.15) is 44.6 Å². The summed E-state index contributed by atoms with van der Waals surface area (Å²) in [7, 11) is 0. The van der Waals surface area contributed by atoms with Crippen LogP contribution in [0.5, 0.6) is 5.75 Å². The second kappa shape index (κ2) is 7.46. The Balaban J connectivity index is 1.69. The molecule has 1 aromatic carbocycles. The number of nitrogens with one attached hydrogen (secondary N) is 1. The van der Waals surface area contributed by atoms with E-state index in [4.69, 9.17) is 5.11 Å². The Bertz CT molecular complexity index is 450. The molecule has 1 aromatic rings. The molecule has 1 atom stereocenters. The minimum Gasteiger partial charge on any atom is -0.508 e. The third kappa shape index (κ3) is 5.05. The normalized spacial score (nSPS) is 23.7. The van der Waals surface area contributed by atoms with Gasteiger partial charge in [-0.05, 0) is 63.1 Å². The second-order valence-electron chi connectivity index (χ2n) is 6.16. The highest BCUT2D eigenvalue weighted by Crippen LogP contribution is 2.25. The SMILES string of the molecule is CC(CCc1ccc(O)cc1)NC1CCC(C(=O)O)CC1. The van der Waals surface area contributed by atoms with Gasteiger partial charge in [-0.3, -0.25) is 4.79 Å². The average Bonchev–Trinajstić information content (AvgIpc) is 2.47. The van der Waals surface area contributed by atoms with Crippen LogP contribution in [0.2, 0.25) is 0 Å². The van der Waals surface area contributed by atoms with Gasteiger partial charge < -0.3 is 15.5 Å². The summed E-state index contributed by atoms with van der Waals surface area (Å²) in [5.74, 6) is -0.482. The van der Waals surface area contributed by atoms with Crippen LogP contribution in [-0.2, 0) is 11.2 Å². The van der Waals surface area contributed by atoms with Gasteiger partial charge in [0.1, 0.15) is 5.75 Å². The standard InChI is InChI=1S/C17H25NO3/c1-12(2-3-13-4-10-16(19)11-5-13)18-15-8-6-14(7-9-15)17(20)21/h4-5,10-12,14-15,18-19H,2-3,6-9H2,1H3,(H,20,21). The number of rotatable bonds is 6. The van der Waals surface area contributed by atoms with Crippen molar-refractivity contribution in [2.24, 2.45) is 5.92 Å². The molecule has 1 aliphatic rings. The van der Waals surface area contributed by atoms with Crippen molar-refractivity contribution in [3.63, 3.8) is 0 Å². The highest BCUT2D eigenvalue weighted by Gasteiger charge is 2.26. The van der Waals surface area contributed by atoms with Crippen molar-refractivity contribution < 1.29 is 15.0 Å². The molecule has 1 unspecified atom stereocenters. The number of hydrogen-bond donors (Lipinski definition) is 3. The minimum atomic E-state index is -0.645. The number of carboxylic acids is 1. The highest BCUT2D eigenvalue weighted by atomic mass is 16.4. The van der Waals surface area contributed by atoms with Gasteiger partial charge in [-0.1, -0.05) is 12.1 Å². The van der Waals surface area contributed by atoms with Crippen molar-refractivity contribution >= 4 is 5.97 Å². The maximum atomic E-state index is 10.9. The van der Waals surface area contributed by atoms with Gasteiger partial charge >= 0.3 is 5.97 Å². The zero-order valence-electron chi connectivity index (χ0n) is 12.6. The van der Waals surface area contributed by atoms with Crippen LogP contribution in [0, 0.1) is 5.92 Å². The lowest BCUT2D eigenvalue weighted by molar-refractivity contribution is -0.142. The van der Waals surface area contributed by atoms with E-state index in [1.807, 2.05) is 12.1 Å². The van der Waals surface area contributed by atoms with Gasteiger partial charge in [0, 0.05) is 12.1 Å². The molecule has 0 heterocycles. The van der Waals surface area contributed by atoms with Crippen molar-refractivity contribution in [3.05, 3.63) is 29.8 Å². The van der Waals surface area contributed by atoms with Crippen LogP contribution in [0.25, 0.3) is 0 Å². The zero-order chi connectivity index (χ0) is 15.2. The van der Waals surface area contributed by atoms with E-state index in [-0.39, 0.29) is 5.92 Å². The van der Waals surface area contributed by atoms with Crippen molar-refractivity contribution in [1.29, 1.82) is 0 Å². The topological polar surface area (TPSA) is 69.6 Å². The molecule has 2 rings (SSSR count). The first-order valence-corrected chi connectivity index (χ1v) is 7.81. The summed E-state index contributed by atoms with van der Waals surface area (Å²) >= 11 is 0. The number of carbonyl (C=O) groups is 1. The van der Waals surface area contributed by atoms with Gasteiger partial charge in [0.15, 0.2) is 0 Å². The molecule has 0 saturated heterocycles. The van der Waals surface area contributed by atoms with Crippen LogP contribution in [0.15, 0.2) is 24.3 Å². The fraction of sp³-hybridized carbons (Fsp3) is 0.588. The zero-order valence-corrected chi connectivity index (χ0v) is 12.6. The van der Waals surface area contributed by atoms with Crippen LogP contribution in [0.3, 0.4) is 0 Å². The largest absolute Gasteiger partial charge is 0.508 e. The van der Waals surface area contributed by atoms with Crippen molar-refractivity contribution in [1.82, 2.24) is 5.32 Å². The Morgan fingerprint density at radius 2 is 1.86 bits per heavy atom. The fourth-order valence-corrected chi connectivity index (χ4v) is 3.04. The molecule has 116 valence electrons. The van der Waals surface area contributed by atoms with E-state index in [2.05, 4.69) is 12.2 Å².